The first-order valence-electron chi connectivity index (χ1n) is 9.16. The van der Waals surface area contributed by atoms with Gasteiger partial charge in [0.2, 0.25) is 11.6 Å². The van der Waals surface area contributed by atoms with E-state index < -0.39 is 4.92 Å². The maximum Gasteiger partial charge on any atom is 0.353 e. The van der Waals surface area contributed by atoms with E-state index >= 15 is 0 Å². The molecule has 9 nitrogen and oxygen atoms in total. The molecule has 1 fully saturated rings. The third-order valence-corrected chi connectivity index (χ3v) is 5.89. The number of para-hydroxylation sites is 1. The summed E-state index contributed by atoms with van der Waals surface area (Å²) in [6.45, 7) is 8.20. The third kappa shape index (κ3) is 3.48. The Bertz CT molecular complexity index is 1010. The molecule has 0 saturated carbocycles. The van der Waals surface area contributed by atoms with Crippen LogP contribution in [0.5, 0.6) is 0 Å². The van der Waals surface area contributed by atoms with Crippen LogP contribution in [0.2, 0.25) is 0 Å². The number of nitrogens with zero attached hydrogens (tertiary/aromatic N) is 6. The zero-order valence-corrected chi connectivity index (χ0v) is 16.6. The van der Waals surface area contributed by atoms with Crippen molar-refractivity contribution in [3.63, 3.8) is 0 Å². The molecule has 146 valence electrons. The molecule has 0 atom stereocenters. The first-order chi connectivity index (χ1) is 13.6. The minimum Gasteiger partial charge on any atom is -0.348 e. The maximum atomic E-state index is 11.9. The van der Waals surface area contributed by atoms with Gasteiger partial charge in [-0.25, -0.2) is 15.0 Å². The number of anilines is 3. The van der Waals surface area contributed by atoms with Gasteiger partial charge < -0.3 is 15.1 Å². The minimum atomic E-state index is -0.414. The number of hydrogen-bond donors (Lipinski definition) is 1. The molecule has 0 unspecified atom stereocenters. The highest BCUT2D eigenvalue weighted by molar-refractivity contribution is 7.22. The lowest BCUT2D eigenvalue weighted by molar-refractivity contribution is -0.383. The van der Waals surface area contributed by atoms with E-state index in [0.717, 1.165) is 35.4 Å². The van der Waals surface area contributed by atoms with Gasteiger partial charge in [-0.2, -0.15) is 0 Å². The second-order valence-corrected chi connectivity index (χ2v) is 7.67. The summed E-state index contributed by atoms with van der Waals surface area (Å²) in [5, 5.41) is 15.5. The molecule has 0 aliphatic carbocycles. The molecule has 1 N–H and O–H groups in total. The van der Waals surface area contributed by atoms with Crippen molar-refractivity contribution in [1.82, 2.24) is 19.9 Å². The standard InChI is InChI=1S/C18H21N7O2S/c1-3-23-7-9-24(10-8-23)17-15(25(26)27)16(19-11-20-17)22-18-21-14-12(2)5-4-6-13(14)28-18/h4-6,11H,3,7-10H2,1-2H3,(H,19,20,21,22). The van der Waals surface area contributed by atoms with Crippen molar-refractivity contribution in [3.05, 3.63) is 40.2 Å². The quantitative estimate of drug-likeness (QED) is 0.516. The SMILES string of the molecule is CCN1CCN(c2ncnc(Nc3nc4c(C)cccc4s3)c2[N+](=O)[O-])CC1. The first kappa shape index (κ1) is 18.5. The van der Waals surface area contributed by atoms with Crippen LogP contribution in [0.3, 0.4) is 0 Å². The summed E-state index contributed by atoms with van der Waals surface area (Å²) in [7, 11) is 0. The molecule has 1 aromatic carbocycles. The van der Waals surface area contributed by atoms with E-state index in [-0.39, 0.29) is 11.5 Å². The fraction of sp³-hybridized carbons (Fsp3) is 0.389. The van der Waals surface area contributed by atoms with E-state index in [4.69, 9.17) is 0 Å². The van der Waals surface area contributed by atoms with Crippen LogP contribution in [0, 0.1) is 17.0 Å². The van der Waals surface area contributed by atoms with Gasteiger partial charge >= 0.3 is 5.69 Å². The maximum absolute atomic E-state index is 11.9. The zero-order chi connectivity index (χ0) is 19.7. The molecular formula is C18H21N7O2S. The number of nitrogens with one attached hydrogen (secondary N) is 1. The van der Waals surface area contributed by atoms with Gasteiger partial charge in [-0.3, -0.25) is 10.1 Å². The number of aromatic nitrogens is 3. The van der Waals surface area contributed by atoms with Gasteiger partial charge in [0.25, 0.3) is 0 Å². The fourth-order valence-electron chi connectivity index (χ4n) is 3.38. The number of nitro groups is 1. The monoisotopic (exact) mass is 399 g/mol. The lowest BCUT2D eigenvalue weighted by atomic mass is 10.2. The Morgan fingerprint density at radius 1 is 1.25 bits per heavy atom. The van der Waals surface area contributed by atoms with Crippen LogP contribution >= 0.6 is 11.3 Å². The summed E-state index contributed by atoms with van der Waals surface area (Å²) >= 11 is 1.45. The molecule has 0 radical (unpaired) electrons. The molecular weight excluding hydrogens is 378 g/mol. The molecule has 28 heavy (non-hydrogen) atoms. The molecule has 1 aliphatic heterocycles. The molecule has 0 spiro atoms. The van der Waals surface area contributed by atoms with E-state index in [1.54, 1.807) is 0 Å². The Morgan fingerprint density at radius 2 is 2.04 bits per heavy atom. The summed E-state index contributed by atoms with van der Waals surface area (Å²) < 4.78 is 1.02. The average Bonchev–Trinajstić information content (AvgIpc) is 3.11. The number of rotatable bonds is 5. The number of likely N-dealkylation sites (N-methyl/N-ethyl adjacent to an activating group) is 1. The third-order valence-electron chi connectivity index (χ3n) is 4.95. The van der Waals surface area contributed by atoms with E-state index in [9.17, 15) is 10.1 Å². The smallest absolute Gasteiger partial charge is 0.348 e. The average molecular weight is 399 g/mol. The topological polar surface area (TPSA) is 100 Å². The normalized spacial score (nSPS) is 15.1. The van der Waals surface area contributed by atoms with Crippen molar-refractivity contribution in [3.8, 4) is 0 Å². The van der Waals surface area contributed by atoms with Crippen molar-refractivity contribution in [2.24, 2.45) is 0 Å². The van der Waals surface area contributed by atoms with Crippen LogP contribution in [0.15, 0.2) is 24.5 Å². The van der Waals surface area contributed by atoms with Gasteiger partial charge in [0, 0.05) is 26.2 Å². The predicted molar refractivity (Wildman–Crippen MR) is 111 cm³/mol. The Morgan fingerprint density at radius 3 is 2.71 bits per heavy atom. The second-order valence-electron chi connectivity index (χ2n) is 6.64. The molecule has 1 aliphatic rings. The van der Waals surface area contributed by atoms with Crippen LogP contribution in [0.25, 0.3) is 10.2 Å². The van der Waals surface area contributed by atoms with Crippen molar-refractivity contribution >= 4 is 44.0 Å². The highest BCUT2D eigenvalue weighted by Crippen LogP contribution is 2.36. The number of benzene rings is 1. The summed E-state index contributed by atoms with van der Waals surface area (Å²) in [6.07, 6.45) is 1.37. The number of piperazine rings is 1. The van der Waals surface area contributed by atoms with E-state index in [1.165, 1.54) is 17.7 Å². The van der Waals surface area contributed by atoms with Crippen LogP contribution < -0.4 is 10.2 Å². The molecule has 3 aromatic rings. The minimum absolute atomic E-state index is 0.108. The van der Waals surface area contributed by atoms with Gasteiger partial charge in [0.15, 0.2) is 5.13 Å². The molecule has 3 heterocycles. The molecule has 1 saturated heterocycles. The van der Waals surface area contributed by atoms with Crippen LogP contribution in [0.1, 0.15) is 12.5 Å². The molecule has 0 amide bonds. The molecule has 10 heteroatoms. The second kappa shape index (κ2) is 7.64. The van der Waals surface area contributed by atoms with Crippen molar-refractivity contribution < 1.29 is 4.92 Å². The van der Waals surface area contributed by atoms with E-state index in [2.05, 4.69) is 32.1 Å². The van der Waals surface area contributed by atoms with Gasteiger partial charge in [-0.1, -0.05) is 30.4 Å². The lowest BCUT2D eigenvalue weighted by Gasteiger charge is -2.34. The highest BCUT2D eigenvalue weighted by Gasteiger charge is 2.29. The largest absolute Gasteiger partial charge is 0.353 e. The summed E-state index contributed by atoms with van der Waals surface area (Å²) in [5.74, 6) is 0.528. The Labute approximate surface area is 166 Å². The molecule has 0 bridgehead atoms. The predicted octanol–water partition coefficient (Wildman–Crippen LogP) is 3.19. The van der Waals surface area contributed by atoms with E-state index in [1.807, 2.05) is 30.0 Å². The number of fused-ring (bicyclic) bond motifs is 1. The number of aryl methyl sites for hydroxylation is 1. The Hall–Kier alpha value is -2.85. The van der Waals surface area contributed by atoms with Gasteiger partial charge in [0.1, 0.15) is 6.33 Å². The zero-order valence-electron chi connectivity index (χ0n) is 15.8. The van der Waals surface area contributed by atoms with Crippen molar-refractivity contribution in [1.29, 1.82) is 0 Å². The van der Waals surface area contributed by atoms with Crippen molar-refractivity contribution in [2.45, 2.75) is 13.8 Å². The Balaban J connectivity index is 1.67. The van der Waals surface area contributed by atoms with Gasteiger partial charge in [-0.05, 0) is 25.1 Å². The van der Waals surface area contributed by atoms with Crippen LogP contribution in [-0.4, -0.2) is 57.5 Å². The Kier molecular flexibility index (Phi) is 5.05. The van der Waals surface area contributed by atoms with Crippen molar-refractivity contribution in [2.75, 3.05) is 42.9 Å². The highest BCUT2D eigenvalue weighted by atomic mass is 32.1. The van der Waals surface area contributed by atoms with Crippen LogP contribution in [-0.2, 0) is 0 Å². The van der Waals surface area contributed by atoms with Gasteiger partial charge in [0.05, 0.1) is 15.1 Å². The molecule has 2 aromatic heterocycles. The number of thiazole rings is 1. The summed E-state index contributed by atoms with van der Waals surface area (Å²) in [6, 6.07) is 5.95. The summed E-state index contributed by atoms with van der Waals surface area (Å²) in [4.78, 5) is 28.7. The molecule has 4 rings (SSSR count). The van der Waals surface area contributed by atoms with E-state index in [0.29, 0.717) is 24.0 Å². The first-order valence-corrected chi connectivity index (χ1v) is 9.98. The fourth-order valence-corrected chi connectivity index (χ4v) is 4.32. The van der Waals surface area contributed by atoms with Crippen LogP contribution in [0.4, 0.5) is 22.5 Å². The number of hydrogen-bond acceptors (Lipinski definition) is 9. The summed E-state index contributed by atoms with van der Waals surface area (Å²) in [5.41, 5.74) is 1.85. The lowest BCUT2D eigenvalue weighted by Crippen LogP contribution is -2.46. The van der Waals surface area contributed by atoms with Gasteiger partial charge in [-0.15, -0.1) is 0 Å².